The predicted octanol–water partition coefficient (Wildman–Crippen LogP) is 2.04. The number of hydrogen-bond donors (Lipinski definition) is 1. The van der Waals surface area contributed by atoms with Gasteiger partial charge in [-0.1, -0.05) is 18.0 Å². The molecule has 1 N–H and O–H groups in total. The van der Waals surface area contributed by atoms with Crippen molar-refractivity contribution in [2.75, 3.05) is 13.2 Å². The molecule has 1 atom stereocenters. The van der Waals surface area contributed by atoms with Gasteiger partial charge in [-0.25, -0.2) is 9.97 Å². The Morgan fingerprint density at radius 1 is 1.50 bits per heavy atom. The first-order chi connectivity index (χ1) is 7.86. The van der Waals surface area contributed by atoms with E-state index in [0.717, 1.165) is 13.0 Å². The lowest BCUT2D eigenvalue weighted by molar-refractivity contribution is 0.260. The van der Waals surface area contributed by atoms with Gasteiger partial charge in [0.05, 0.1) is 12.8 Å². The van der Waals surface area contributed by atoms with Crippen LogP contribution >= 0.6 is 11.6 Å². The summed E-state index contributed by atoms with van der Waals surface area (Å²) < 4.78 is 5.52. The molecule has 16 heavy (non-hydrogen) atoms. The van der Waals surface area contributed by atoms with Crippen molar-refractivity contribution in [1.29, 1.82) is 0 Å². The van der Waals surface area contributed by atoms with Crippen LogP contribution in [0.25, 0.3) is 0 Å². The highest BCUT2D eigenvalue weighted by atomic mass is 35.5. The minimum Gasteiger partial charge on any atom is -0.476 e. The van der Waals surface area contributed by atoms with E-state index in [9.17, 15) is 0 Å². The molecule has 0 spiro atoms. The average Bonchev–Trinajstić information content (AvgIpc) is 2.33. The van der Waals surface area contributed by atoms with Gasteiger partial charge in [0.15, 0.2) is 0 Å². The fourth-order valence-electron chi connectivity index (χ4n) is 1.88. The summed E-state index contributed by atoms with van der Waals surface area (Å²) in [5.41, 5.74) is 0. The van der Waals surface area contributed by atoms with Gasteiger partial charge in [0, 0.05) is 6.04 Å². The van der Waals surface area contributed by atoms with Crippen molar-refractivity contribution in [3.8, 4) is 5.88 Å². The van der Waals surface area contributed by atoms with Gasteiger partial charge < -0.3 is 10.1 Å². The summed E-state index contributed by atoms with van der Waals surface area (Å²) in [6.45, 7) is 1.77. The first-order valence-corrected chi connectivity index (χ1v) is 6.06. The molecule has 1 saturated heterocycles. The molecule has 1 aliphatic rings. The van der Waals surface area contributed by atoms with E-state index in [0.29, 0.717) is 23.6 Å². The number of nitrogens with zero attached hydrogens (tertiary/aromatic N) is 2. The van der Waals surface area contributed by atoms with Crippen LogP contribution in [0.2, 0.25) is 5.02 Å². The molecule has 1 aliphatic heterocycles. The first kappa shape index (κ1) is 11.6. The number of nitrogens with one attached hydrogen (secondary N) is 1. The van der Waals surface area contributed by atoms with Crippen LogP contribution in [0.15, 0.2) is 12.5 Å². The maximum Gasteiger partial charge on any atom is 0.235 e. The molecule has 0 amide bonds. The Morgan fingerprint density at radius 3 is 3.19 bits per heavy atom. The molecule has 5 heteroatoms. The summed E-state index contributed by atoms with van der Waals surface area (Å²) >= 11 is 5.88. The van der Waals surface area contributed by atoms with Crippen molar-refractivity contribution in [2.45, 2.75) is 31.7 Å². The summed E-state index contributed by atoms with van der Waals surface area (Å²) in [4.78, 5) is 7.78. The number of ether oxygens (including phenoxy) is 1. The highest BCUT2D eigenvalue weighted by Gasteiger charge is 2.12. The van der Waals surface area contributed by atoms with Gasteiger partial charge in [-0.3, -0.25) is 0 Å². The van der Waals surface area contributed by atoms with Crippen LogP contribution in [0, 0.1) is 0 Å². The maximum absolute atomic E-state index is 5.88. The van der Waals surface area contributed by atoms with Crippen LogP contribution in [0.4, 0.5) is 0 Å². The number of aromatic nitrogens is 2. The SMILES string of the molecule is Clc1cncnc1OCCC1CCCCN1. The Balaban J connectivity index is 1.73. The van der Waals surface area contributed by atoms with E-state index in [4.69, 9.17) is 16.3 Å². The summed E-state index contributed by atoms with van der Waals surface area (Å²) in [5.74, 6) is 0.479. The van der Waals surface area contributed by atoms with Crippen LogP contribution in [0.5, 0.6) is 5.88 Å². The van der Waals surface area contributed by atoms with Crippen molar-refractivity contribution in [1.82, 2.24) is 15.3 Å². The van der Waals surface area contributed by atoms with Crippen LogP contribution in [-0.4, -0.2) is 29.2 Å². The number of hydrogen-bond acceptors (Lipinski definition) is 4. The topological polar surface area (TPSA) is 47.0 Å². The van der Waals surface area contributed by atoms with Crippen LogP contribution in [-0.2, 0) is 0 Å². The summed E-state index contributed by atoms with van der Waals surface area (Å²) in [5, 5.41) is 3.95. The standard InChI is InChI=1S/C11H16ClN3O/c12-10-7-13-8-15-11(10)16-6-4-9-3-1-2-5-14-9/h7-9,14H,1-6H2. The lowest BCUT2D eigenvalue weighted by Gasteiger charge is -2.23. The monoisotopic (exact) mass is 241 g/mol. The van der Waals surface area contributed by atoms with E-state index in [-0.39, 0.29) is 0 Å². The van der Waals surface area contributed by atoms with Crippen LogP contribution in [0.3, 0.4) is 0 Å². The van der Waals surface area contributed by atoms with E-state index in [2.05, 4.69) is 15.3 Å². The molecule has 2 heterocycles. The third-order valence-corrected chi connectivity index (χ3v) is 3.01. The Hall–Kier alpha value is -0.870. The molecule has 1 unspecified atom stereocenters. The Labute approximate surface area is 100 Å². The third kappa shape index (κ3) is 3.32. The molecule has 4 nitrogen and oxygen atoms in total. The number of piperidine rings is 1. The zero-order valence-corrected chi connectivity index (χ0v) is 9.91. The molecular weight excluding hydrogens is 226 g/mol. The lowest BCUT2D eigenvalue weighted by atomic mass is 10.0. The quantitative estimate of drug-likeness (QED) is 0.877. The zero-order valence-electron chi connectivity index (χ0n) is 9.16. The fraction of sp³-hybridized carbons (Fsp3) is 0.636. The van der Waals surface area contributed by atoms with Gasteiger partial charge >= 0.3 is 0 Å². The average molecular weight is 242 g/mol. The smallest absolute Gasteiger partial charge is 0.235 e. The van der Waals surface area contributed by atoms with Gasteiger partial charge in [0.25, 0.3) is 0 Å². The Morgan fingerprint density at radius 2 is 2.44 bits per heavy atom. The minimum absolute atomic E-state index is 0.471. The molecule has 0 aromatic carbocycles. The molecule has 0 aliphatic carbocycles. The number of rotatable bonds is 4. The summed E-state index contributed by atoms with van der Waals surface area (Å²) in [6, 6.07) is 0.578. The zero-order chi connectivity index (χ0) is 11.2. The van der Waals surface area contributed by atoms with Crippen LogP contribution < -0.4 is 10.1 Å². The summed E-state index contributed by atoms with van der Waals surface area (Å²) in [7, 11) is 0. The van der Waals surface area contributed by atoms with Crippen molar-refractivity contribution < 1.29 is 4.74 Å². The van der Waals surface area contributed by atoms with E-state index in [1.807, 2.05) is 0 Å². The Bertz CT molecular complexity index is 329. The van der Waals surface area contributed by atoms with E-state index < -0.39 is 0 Å². The second-order valence-electron chi connectivity index (χ2n) is 3.96. The van der Waals surface area contributed by atoms with Crippen molar-refractivity contribution >= 4 is 11.6 Å². The van der Waals surface area contributed by atoms with Crippen molar-refractivity contribution in [2.24, 2.45) is 0 Å². The molecule has 0 bridgehead atoms. The first-order valence-electron chi connectivity index (χ1n) is 5.68. The highest BCUT2D eigenvalue weighted by Crippen LogP contribution is 2.19. The van der Waals surface area contributed by atoms with Gasteiger partial charge in [-0.2, -0.15) is 0 Å². The second-order valence-corrected chi connectivity index (χ2v) is 4.37. The van der Waals surface area contributed by atoms with E-state index in [1.165, 1.54) is 25.6 Å². The largest absolute Gasteiger partial charge is 0.476 e. The van der Waals surface area contributed by atoms with Gasteiger partial charge in [0.1, 0.15) is 11.3 Å². The minimum atomic E-state index is 0.471. The lowest BCUT2D eigenvalue weighted by Crippen LogP contribution is -2.35. The van der Waals surface area contributed by atoms with Crippen molar-refractivity contribution in [3.05, 3.63) is 17.5 Å². The Kier molecular flexibility index (Phi) is 4.36. The highest BCUT2D eigenvalue weighted by molar-refractivity contribution is 6.31. The van der Waals surface area contributed by atoms with Crippen LogP contribution in [0.1, 0.15) is 25.7 Å². The third-order valence-electron chi connectivity index (χ3n) is 2.75. The van der Waals surface area contributed by atoms with Crippen molar-refractivity contribution in [3.63, 3.8) is 0 Å². The molecular formula is C11H16ClN3O. The molecule has 1 aromatic heterocycles. The molecule has 2 rings (SSSR count). The molecule has 1 fully saturated rings. The van der Waals surface area contributed by atoms with Gasteiger partial charge in [-0.05, 0) is 25.8 Å². The van der Waals surface area contributed by atoms with Gasteiger partial charge in [0.2, 0.25) is 5.88 Å². The molecule has 1 aromatic rings. The second kappa shape index (κ2) is 6.01. The predicted molar refractivity (Wildman–Crippen MR) is 62.8 cm³/mol. The normalized spacial score (nSPS) is 20.7. The van der Waals surface area contributed by atoms with E-state index >= 15 is 0 Å². The number of halogens is 1. The molecule has 88 valence electrons. The molecule has 0 radical (unpaired) electrons. The summed E-state index contributed by atoms with van der Waals surface area (Å²) in [6.07, 6.45) is 7.82. The van der Waals surface area contributed by atoms with E-state index in [1.54, 1.807) is 6.20 Å². The fourth-order valence-corrected chi connectivity index (χ4v) is 2.04. The van der Waals surface area contributed by atoms with Gasteiger partial charge in [-0.15, -0.1) is 0 Å². The molecule has 0 saturated carbocycles. The maximum atomic E-state index is 5.88.